The predicted octanol–water partition coefficient (Wildman–Crippen LogP) is 3.60. The Balaban J connectivity index is 2.78. The number of nitrogens with one attached hydrogen (secondary N) is 1. The smallest absolute Gasteiger partial charge is 0.331 e. The van der Waals surface area contributed by atoms with Crippen LogP contribution in [0.4, 0.5) is 13.2 Å². The van der Waals surface area contributed by atoms with Gasteiger partial charge in [-0.15, -0.1) is 0 Å². The van der Waals surface area contributed by atoms with Gasteiger partial charge in [-0.25, -0.2) is 0 Å². The number of alkyl halides is 3. The second-order valence-electron chi connectivity index (χ2n) is 4.53. The molecule has 0 bridgehead atoms. The summed E-state index contributed by atoms with van der Waals surface area (Å²) >= 11 is 1.42. The van der Waals surface area contributed by atoms with Crippen molar-refractivity contribution in [1.82, 2.24) is 9.62 Å². The molecule has 1 aromatic carbocycles. The van der Waals surface area contributed by atoms with E-state index in [1.54, 1.807) is 19.2 Å². The standard InChI is InChI=1S/C14H19F3N2OS/c1-3-4-9-19(13(20)14(15,16)17)10-11-5-7-12(8-6-11)21-18-2/h5-8,18H,3-4,9-10H2,1-2H3. The summed E-state index contributed by atoms with van der Waals surface area (Å²) in [6.07, 6.45) is -3.54. The molecule has 0 aromatic heterocycles. The summed E-state index contributed by atoms with van der Waals surface area (Å²) in [5.74, 6) is -1.77. The molecule has 0 spiro atoms. The molecule has 1 rings (SSSR count). The van der Waals surface area contributed by atoms with E-state index in [0.29, 0.717) is 12.0 Å². The van der Waals surface area contributed by atoms with Crippen LogP contribution in [0, 0.1) is 0 Å². The topological polar surface area (TPSA) is 32.3 Å². The second kappa shape index (κ2) is 8.29. The van der Waals surface area contributed by atoms with Gasteiger partial charge in [0.1, 0.15) is 0 Å². The molecule has 0 saturated heterocycles. The number of carbonyl (C=O) groups is 1. The van der Waals surface area contributed by atoms with Gasteiger partial charge >= 0.3 is 12.1 Å². The molecule has 118 valence electrons. The summed E-state index contributed by atoms with van der Waals surface area (Å²) in [5, 5.41) is 0. The van der Waals surface area contributed by atoms with Gasteiger partial charge < -0.3 is 4.90 Å². The van der Waals surface area contributed by atoms with E-state index >= 15 is 0 Å². The molecular weight excluding hydrogens is 301 g/mol. The van der Waals surface area contributed by atoms with Gasteiger partial charge in [0, 0.05) is 18.0 Å². The van der Waals surface area contributed by atoms with Crippen LogP contribution in [0.3, 0.4) is 0 Å². The van der Waals surface area contributed by atoms with Crippen LogP contribution in [0.25, 0.3) is 0 Å². The Morgan fingerprint density at radius 3 is 2.38 bits per heavy atom. The van der Waals surface area contributed by atoms with E-state index in [-0.39, 0.29) is 13.1 Å². The first-order chi connectivity index (χ1) is 9.88. The van der Waals surface area contributed by atoms with Gasteiger partial charge in [-0.2, -0.15) is 13.2 Å². The fourth-order valence-electron chi connectivity index (χ4n) is 1.78. The van der Waals surface area contributed by atoms with Gasteiger partial charge in [0.2, 0.25) is 0 Å². The van der Waals surface area contributed by atoms with Crippen molar-refractivity contribution in [2.45, 2.75) is 37.4 Å². The minimum atomic E-state index is -4.82. The van der Waals surface area contributed by atoms with E-state index in [2.05, 4.69) is 4.72 Å². The van der Waals surface area contributed by atoms with Crippen LogP contribution >= 0.6 is 11.9 Å². The molecule has 0 aliphatic carbocycles. The van der Waals surface area contributed by atoms with Gasteiger partial charge in [0.25, 0.3) is 0 Å². The van der Waals surface area contributed by atoms with Gasteiger partial charge in [0.05, 0.1) is 0 Å². The average Bonchev–Trinajstić information content (AvgIpc) is 2.44. The highest BCUT2D eigenvalue weighted by atomic mass is 32.2. The Kier molecular flexibility index (Phi) is 7.04. The molecule has 0 saturated carbocycles. The molecule has 0 unspecified atom stereocenters. The predicted molar refractivity (Wildman–Crippen MR) is 77.7 cm³/mol. The number of rotatable bonds is 7. The SMILES string of the molecule is CCCCN(Cc1ccc(SNC)cc1)C(=O)C(F)(F)F. The molecule has 0 aliphatic heterocycles. The minimum absolute atomic E-state index is 0.0250. The van der Waals surface area contributed by atoms with E-state index in [9.17, 15) is 18.0 Å². The van der Waals surface area contributed by atoms with Crippen LogP contribution in [0.2, 0.25) is 0 Å². The highest BCUT2D eigenvalue weighted by Crippen LogP contribution is 2.21. The Labute approximate surface area is 127 Å². The molecule has 1 amide bonds. The number of unbranched alkanes of at least 4 members (excludes halogenated alkanes) is 1. The van der Waals surface area contributed by atoms with Crippen molar-refractivity contribution < 1.29 is 18.0 Å². The van der Waals surface area contributed by atoms with Crippen LogP contribution in [-0.4, -0.2) is 30.6 Å². The molecule has 0 heterocycles. The van der Waals surface area contributed by atoms with E-state index < -0.39 is 12.1 Å². The van der Waals surface area contributed by atoms with Crippen molar-refractivity contribution in [3.63, 3.8) is 0 Å². The molecule has 0 atom stereocenters. The lowest BCUT2D eigenvalue weighted by Gasteiger charge is -2.23. The summed E-state index contributed by atoms with van der Waals surface area (Å²) in [4.78, 5) is 13.3. The Bertz CT molecular complexity index is 449. The monoisotopic (exact) mass is 320 g/mol. The molecule has 0 aliphatic rings. The summed E-state index contributed by atoms with van der Waals surface area (Å²) < 4.78 is 40.7. The third-order valence-electron chi connectivity index (χ3n) is 2.83. The number of hydrogen-bond acceptors (Lipinski definition) is 3. The molecular formula is C14H19F3N2OS. The number of carbonyl (C=O) groups excluding carboxylic acids is 1. The molecule has 1 aromatic rings. The van der Waals surface area contributed by atoms with E-state index in [0.717, 1.165) is 16.2 Å². The summed E-state index contributed by atoms with van der Waals surface area (Å²) in [7, 11) is 1.78. The zero-order valence-corrected chi connectivity index (χ0v) is 12.9. The molecule has 3 nitrogen and oxygen atoms in total. The lowest BCUT2D eigenvalue weighted by molar-refractivity contribution is -0.186. The van der Waals surface area contributed by atoms with Crippen molar-refractivity contribution in [2.24, 2.45) is 0 Å². The number of nitrogens with zero attached hydrogens (tertiary/aromatic N) is 1. The zero-order valence-electron chi connectivity index (χ0n) is 12.0. The first-order valence-corrected chi connectivity index (χ1v) is 7.48. The highest BCUT2D eigenvalue weighted by molar-refractivity contribution is 7.97. The Hall–Kier alpha value is -1.21. The Morgan fingerprint density at radius 1 is 1.29 bits per heavy atom. The quantitative estimate of drug-likeness (QED) is 0.779. The van der Waals surface area contributed by atoms with Crippen molar-refractivity contribution in [3.8, 4) is 0 Å². The first kappa shape index (κ1) is 17.8. The van der Waals surface area contributed by atoms with Gasteiger partial charge in [-0.3, -0.25) is 9.52 Å². The average molecular weight is 320 g/mol. The lowest BCUT2D eigenvalue weighted by atomic mass is 10.2. The third-order valence-corrected chi connectivity index (χ3v) is 3.54. The zero-order chi connectivity index (χ0) is 15.9. The van der Waals surface area contributed by atoms with Crippen molar-refractivity contribution >= 4 is 17.9 Å². The van der Waals surface area contributed by atoms with Crippen molar-refractivity contribution in [2.75, 3.05) is 13.6 Å². The summed E-state index contributed by atoms with van der Waals surface area (Å²) in [6, 6.07) is 7.10. The maximum absolute atomic E-state index is 12.6. The number of halogens is 3. The molecule has 1 N–H and O–H groups in total. The van der Waals surface area contributed by atoms with Crippen LogP contribution in [0.15, 0.2) is 29.2 Å². The van der Waals surface area contributed by atoms with Crippen molar-refractivity contribution in [1.29, 1.82) is 0 Å². The minimum Gasteiger partial charge on any atom is -0.331 e. The fourth-order valence-corrected chi connectivity index (χ4v) is 2.29. The first-order valence-electron chi connectivity index (χ1n) is 6.67. The molecule has 7 heteroatoms. The van der Waals surface area contributed by atoms with E-state index in [4.69, 9.17) is 0 Å². The molecule has 0 radical (unpaired) electrons. The van der Waals surface area contributed by atoms with Crippen LogP contribution < -0.4 is 4.72 Å². The normalized spacial score (nSPS) is 11.5. The number of benzene rings is 1. The van der Waals surface area contributed by atoms with Crippen molar-refractivity contribution in [3.05, 3.63) is 29.8 Å². The summed E-state index contributed by atoms with van der Waals surface area (Å²) in [6.45, 7) is 1.96. The lowest BCUT2D eigenvalue weighted by Crippen LogP contribution is -2.41. The highest BCUT2D eigenvalue weighted by Gasteiger charge is 2.42. The number of amides is 1. The fraction of sp³-hybridized carbons (Fsp3) is 0.500. The maximum Gasteiger partial charge on any atom is 0.471 e. The largest absolute Gasteiger partial charge is 0.471 e. The Morgan fingerprint density at radius 2 is 1.90 bits per heavy atom. The van der Waals surface area contributed by atoms with Crippen LogP contribution in [0.1, 0.15) is 25.3 Å². The van der Waals surface area contributed by atoms with Gasteiger partial charge in [0.15, 0.2) is 0 Å². The molecule has 0 fully saturated rings. The van der Waals surface area contributed by atoms with E-state index in [1.807, 2.05) is 19.1 Å². The molecule has 21 heavy (non-hydrogen) atoms. The third kappa shape index (κ3) is 5.97. The maximum atomic E-state index is 12.6. The second-order valence-corrected chi connectivity index (χ2v) is 5.61. The van der Waals surface area contributed by atoms with Crippen LogP contribution in [0.5, 0.6) is 0 Å². The van der Waals surface area contributed by atoms with Crippen LogP contribution in [-0.2, 0) is 11.3 Å². The number of hydrogen-bond donors (Lipinski definition) is 1. The summed E-state index contributed by atoms with van der Waals surface area (Å²) in [5.41, 5.74) is 0.684. The van der Waals surface area contributed by atoms with E-state index in [1.165, 1.54) is 11.9 Å². The van der Waals surface area contributed by atoms with Gasteiger partial charge in [-0.1, -0.05) is 25.5 Å². The van der Waals surface area contributed by atoms with Gasteiger partial charge in [-0.05, 0) is 43.1 Å².